The van der Waals surface area contributed by atoms with Crippen LogP contribution in [0.4, 0.5) is 26.3 Å². The van der Waals surface area contributed by atoms with E-state index in [9.17, 15) is 31.1 Å². The van der Waals surface area contributed by atoms with Gasteiger partial charge in [-0.2, -0.15) is 37.4 Å². The van der Waals surface area contributed by atoms with Crippen LogP contribution in [-0.4, -0.2) is 31.0 Å². The van der Waals surface area contributed by atoms with E-state index in [-0.39, 0.29) is 35.5 Å². The van der Waals surface area contributed by atoms with E-state index in [2.05, 4.69) is 27.2 Å². The lowest BCUT2D eigenvalue weighted by atomic mass is 9.76. The number of alkyl halides is 6. The number of halogens is 6. The second-order valence-corrected chi connectivity index (χ2v) is 8.86. The molecule has 1 amide bonds. The minimum absolute atomic E-state index is 0.0887. The van der Waals surface area contributed by atoms with E-state index in [1.165, 1.54) is 24.3 Å². The number of hydrogen-bond acceptors (Lipinski definition) is 6. The maximum atomic E-state index is 14.7. The summed E-state index contributed by atoms with van der Waals surface area (Å²) in [6.07, 6.45) is -11.9. The Morgan fingerprint density at radius 3 is 2.14 bits per heavy atom. The zero-order valence-corrected chi connectivity index (χ0v) is 19.6. The summed E-state index contributed by atoms with van der Waals surface area (Å²) in [7, 11) is 0. The number of benzene rings is 2. The Morgan fingerprint density at radius 1 is 0.946 bits per heavy atom. The fourth-order valence-corrected chi connectivity index (χ4v) is 4.32. The molecule has 4 rings (SSSR count). The van der Waals surface area contributed by atoms with Crippen LogP contribution in [0.5, 0.6) is 5.75 Å². The van der Waals surface area contributed by atoms with Crippen LogP contribution in [0.15, 0.2) is 54.1 Å². The molecule has 37 heavy (non-hydrogen) atoms. The van der Waals surface area contributed by atoms with Gasteiger partial charge in [-0.25, -0.2) is 10.9 Å². The van der Waals surface area contributed by atoms with E-state index in [1.807, 2.05) is 6.92 Å². The fraction of sp³-hybridized carbons (Fsp3) is 0.375. The van der Waals surface area contributed by atoms with E-state index in [4.69, 9.17) is 4.74 Å². The third-order valence-corrected chi connectivity index (χ3v) is 6.23. The van der Waals surface area contributed by atoms with E-state index in [1.54, 1.807) is 24.3 Å². The molecule has 0 aromatic heterocycles. The molecule has 0 radical (unpaired) electrons. The number of nitrogens with one attached hydrogen (secondary N) is 5. The lowest BCUT2D eigenvalue weighted by Gasteiger charge is -2.42. The summed E-state index contributed by atoms with van der Waals surface area (Å²) in [6.45, 7) is 1.60. The van der Waals surface area contributed by atoms with Crippen molar-refractivity contribution in [1.29, 1.82) is 0 Å². The highest BCUT2D eigenvalue weighted by molar-refractivity contribution is 6.05. The summed E-state index contributed by atoms with van der Waals surface area (Å²) in [4.78, 5) is 13.3. The Morgan fingerprint density at radius 2 is 1.57 bits per heavy atom. The lowest BCUT2D eigenvalue weighted by molar-refractivity contribution is -0.202. The van der Waals surface area contributed by atoms with Gasteiger partial charge in [0, 0.05) is 12.8 Å². The van der Waals surface area contributed by atoms with Gasteiger partial charge in [0.1, 0.15) is 11.9 Å². The van der Waals surface area contributed by atoms with Crippen LogP contribution in [0.3, 0.4) is 0 Å². The van der Waals surface area contributed by atoms with Crippen LogP contribution in [0.2, 0.25) is 0 Å². The van der Waals surface area contributed by atoms with Gasteiger partial charge in [0.25, 0.3) is 5.91 Å². The molecule has 1 saturated heterocycles. The normalized spacial score (nSPS) is 21.3. The number of hydrazine groups is 3. The van der Waals surface area contributed by atoms with Gasteiger partial charge in [-0.05, 0) is 42.2 Å². The average molecular weight is 529 g/mol. The molecule has 13 heteroatoms. The van der Waals surface area contributed by atoms with Crippen molar-refractivity contribution in [3.05, 3.63) is 70.8 Å². The maximum Gasteiger partial charge on any atom is 0.416 e. The quantitative estimate of drug-likeness (QED) is 0.277. The van der Waals surface area contributed by atoms with E-state index >= 15 is 0 Å². The van der Waals surface area contributed by atoms with Crippen LogP contribution in [0.25, 0.3) is 5.57 Å². The van der Waals surface area contributed by atoms with Crippen molar-refractivity contribution >= 4 is 11.5 Å². The van der Waals surface area contributed by atoms with Crippen molar-refractivity contribution in [2.24, 2.45) is 0 Å². The summed E-state index contributed by atoms with van der Waals surface area (Å²) >= 11 is 0. The topological polar surface area (TPSA) is 86.5 Å². The molecule has 0 aliphatic carbocycles. The molecule has 0 saturated carbocycles. The number of hydrogen-bond donors (Lipinski definition) is 5. The summed E-state index contributed by atoms with van der Waals surface area (Å²) in [5, 5.41) is 2.19. The molecule has 1 atom stereocenters. The Balaban J connectivity index is 1.68. The highest BCUT2D eigenvalue weighted by Gasteiger charge is 2.60. The van der Waals surface area contributed by atoms with Crippen LogP contribution in [0, 0.1) is 6.92 Å². The van der Waals surface area contributed by atoms with Gasteiger partial charge in [-0.1, -0.05) is 42.0 Å². The van der Waals surface area contributed by atoms with E-state index < -0.39 is 42.8 Å². The second kappa shape index (κ2) is 10.3. The SMILES string of the molecule is Cc1ccc(C2=C(C3NNNN3)C(=O)NC(c3ccc(OCCCC(F)(F)F)cc3)(C(F)(F)F)C2)cc1. The number of carbonyl (C=O) groups excluding carboxylic acids is 1. The molecule has 2 aromatic rings. The molecule has 2 aromatic carbocycles. The third kappa shape index (κ3) is 5.90. The zero-order chi connectivity index (χ0) is 26.8. The number of rotatable bonds is 7. The van der Waals surface area contributed by atoms with Gasteiger partial charge < -0.3 is 10.1 Å². The highest BCUT2D eigenvalue weighted by Crippen LogP contribution is 2.49. The molecule has 5 N–H and O–H groups in total. The predicted octanol–water partition coefficient (Wildman–Crippen LogP) is 3.89. The van der Waals surface area contributed by atoms with Crippen molar-refractivity contribution in [3.8, 4) is 5.75 Å². The smallest absolute Gasteiger partial charge is 0.416 e. The fourth-order valence-electron chi connectivity index (χ4n) is 4.32. The van der Waals surface area contributed by atoms with Crippen LogP contribution in [0.1, 0.15) is 36.0 Å². The van der Waals surface area contributed by atoms with Crippen molar-refractivity contribution in [2.45, 2.75) is 50.2 Å². The largest absolute Gasteiger partial charge is 0.494 e. The molecule has 1 fully saturated rings. The number of amides is 1. The predicted molar refractivity (Wildman–Crippen MR) is 122 cm³/mol. The third-order valence-electron chi connectivity index (χ3n) is 6.23. The van der Waals surface area contributed by atoms with Crippen molar-refractivity contribution < 1.29 is 35.9 Å². The van der Waals surface area contributed by atoms with Crippen LogP contribution >= 0.6 is 0 Å². The monoisotopic (exact) mass is 529 g/mol. The van der Waals surface area contributed by atoms with Gasteiger partial charge in [0.15, 0.2) is 5.54 Å². The first kappa shape index (κ1) is 26.9. The maximum absolute atomic E-state index is 14.7. The first-order valence-electron chi connectivity index (χ1n) is 11.4. The number of aryl methyl sites for hydroxylation is 1. The lowest BCUT2D eigenvalue weighted by Crippen LogP contribution is -2.60. The van der Waals surface area contributed by atoms with Gasteiger partial charge in [0.05, 0.1) is 12.2 Å². The van der Waals surface area contributed by atoms with Crippen molar-refractivity contribution in [2.75, 3.05) is 6.61 Å². The molecule has 7 nitrogen and oxygen atoms in total. The van der Waals surface area contributed by atoms with Crippen LogP contribution in [-0.2, 0) is 10.3 Å². The zero-order valence-electron chi connectivity index (χ0n) is 19.6. The molecule has 200 valence electrons. The summed E-state index contributed by atoms with van der Waals surface area (Å²) in [5.41, 5.74) is 9.31. The number of ether oxygens (including phenoxy) is 1. The van der Waals surface area contributed by atoms with Crippen molar-refractivity contribution in [3.63, 3.8) is 0 Å². The van der Waals surface area contributed by atoms with Gasteiger partial charge in [-0.3, -0.25) is 4.79 Å². The van der Waals surface area contributed by atoms with Crippen LogP contribution < -0.4 is 32.0 Å². The van der Waals surface area contributed by atoms with Crippen molar-refractivity contribution in [1.82, 2.24) is 27.2 Å². The van der Waals surface area contributed by atoms with Gasteiger partial charge >= 0.3 is 12.4 Å². The molecule has 0 bridgehead atoms. The Bertz CT molecular complexity index is 1140. The Hall–Kier alpha value is -3.13. The molecule has 2 aliphatic heterocycles. The Kier molecular flexibility index (Phi) is 7.51. The van der Waals surface area contributed by atoms with Gasteiger partial charge in [-0.15, -0.1) is 0 Å². The average Bonchev–Trinajstić information content (AvgIpc) is 3.35. The van der Waals surface area contributed by atoms with E-state index in [0.29, 0.717) is 5.56 Å². The number of carbonyl (C=O) groups is 1. The standard InChI is InChI=1S/C24H25F6N5O2/c1-14-3-5-15(6-4-14)18-13-22(24(28,29)30,31-21(36)19(18)20-32-34-35-33-20)16-7-9-17(10-8-16)37-12-2-11-23(25,26)27/h3-10,20,32-35H,2,11-13H2,1H3,(H,31,36). The molecular formula is C24H25F6N5O2. The first-order valence-corrected chi connectivity index (χ1v) is 11.4. The second-order valence-electron chi connectivity index (χ2n) is 8.86. The molecular weight excluding hydrogens is 504 g/mol. The summed E-state index contributed by atoms with van der Waals surface area (Å²) in [5.74, 6) is -0.793. The molecule has 1 unspecified atom stereocenters. The molecule has 2 aliphatic rings. The highest BCUT2D eigenvalue weighted by atomic mass is 19.4. The summed E-state index contributed by atoms with van der Waals surface area (Å²) < 4.78 is 86.4. The first-order chi connectivity index (χ1) is 17.4. The minimum atomic E-state index is -4.88. The molecule has 2 heterocycles. The molecule has 0 spiro atoms. The van der Waals surface area contributed by atoms with Gasteiger partial charge in [0.2, 0.25) is 0 Å². The Labute approximate surface area is 208 Å². The minimum Gasteiger partial charge on any atom is -0.494 e. The van der Waals surface area contributed by atoms with E-state index in [0.717, 1.165) is 5.56 Å². The summed E-state index contributed by atoms with van der Waals surface area (Å²) in [6, 6.07) is 11.7.